The molecule has 3 amide bonds. The van der Waals surface area contributed by atoms with Gasteiger partial charge in [-0.05, 0) is 61.4 Å². The first kappa shape index (κ1) is 29.3. The number of nitriles is 1. The Labute approximate surface area is 237 Å². The Hall–Kier alpha value is -3.70. The Morgan fingerprint density at radius 2 is 1.68 bits per heavy atom. The molecule has 2 fully saturated rings. The molecule has 3 N–H and O–H groups in total. The van der Waals surface area contributed by atoms with Crippen LogP contribution in [0.25, 0.3) is 0 Å². The van der Waals surface area contributed by atoms with Crippen LogP contribution in [0.2, 0.25) is 0 Å². The monoisotopic (exact) mass is 543 g/mol. The molecule has 1 aliphatic carbocycles. The number of carbonyl (C=O) groups excluding carboxylic acids is 3. The lowest BCUT2D eigenvalue weighted by Crippen LogP contribution is -2.59. The van der Waals surface area contributed by atoms with Crippen molar-refractivity contribution in [3.05, 3.63) is 65.7 Å². The van der Waals surface area contributed by atoms with E-state index >= 15 is 0 Å². The number of hydrogen-bond donors (Lipinski definition) is 3. The second-order valence-electron chi connectivity index (χ2n) is 11.3. The average Bonchev–Trinajstić information content (AvgIpc) is 2.97. The molecule has 2 aliphatic rings. The van der Waals surface area contributed by atoms with Crippen LogP contribution in [-0.2, 0) is 16.0 Å². The minimum atomic E-state index is -0.935. The zero-order chi connectivity index (χ0) is 28.4. The maximum Gasteiger partial charge on any atom is 0.251 e. The summed E-state index contributed by atoms with van der Waals surface area (Å²) in [6, 6.07) is 18.7. The average molecular weight is 544 g/mol. The van der Waals surface area contributed by atoms with E-state index in [0.29, 0.717) is 36.4 Å². The summed E-state index contributed by atoms with van der Waals surface area (Å²) in [5.41, 5.74) is 1.37. The molecular weight excluding hydrogens is 502 g/mol. The third-order valence-corrected chi connectivity index (χ3v) is 8.23. The topological polar surface area (TPSA) is 114 Å². The van der Waals surface area contributed by atoms with Crippen LogP contribution in [0, 0.1) is 17.2 Å². The molecule has 2 aromatic rings. The smallest absolute Gasteiger partial charge is 0.251 e. The summed E-state index contributed by atoms with van der Waals surface area (Å²) in [5.74, 6) is -0.445. The second kappa shape index (κ2) is 14.1. The van der Waals surface area contributed by atoms with Crippen LogP contribution in [0.3, 0.4) is 0 Å². The standard InChI is InChI=1S/C32H41N5O3/c1-24(38)34-28-14-12-27(13-15-28)30(39)35-29(22-26-10-6-3-7-11-26)31(40)36-32(23-33)17-20-37(21-18-32)19-16-25-8-4-2-5-9-25/h2,4-5,8-9,12-15,26,29H,3,6-7,10-11,16-22H2,1H3,(H,34,38)(H,35,39)(H,36,40). The molecule has 0 bridgehead atoms. The Balaban J connectivity index is 1.38. The number of nitrogens with zero attached hydrogens (tertiary/aromatic N) is 2. The van der Waals surface area contributed by atoms with Crippen molar-refractivity contribution in [2.45, 2.75) is 76.3 Å². The van der Waals surface area contributed by atoms with Crippen molar-refractivity contribution in [2.75, 3.05) is 25.0 Å². The third-order valence-electron chi connectivity index (χ3n) is 8.23. The van der Waals surface area contributed by atoms with Crippen LogP contribution in [0.4, 0.5) is 5.69 Å². The maximum absolute atomic E-state index is 13.6. The van der Waals surface area contributed by atoms with Crippen LogP contribution in [0.15, 0.2) is 54.6 Å². The summed E-state index contributed by atoms with van der Waals surface area (Å²) in [4.78, 5) is 40.5. The van der Waals surface area contributed by atoms with Gasteiger partial charge in [0.2, 0.25) is 11.8 Å². The molecule has 1 unspecified atom stereocenters. The summed E-state index contributed by atoms with van der Waals surface area (Å²) in [6.07, 6.45) is 8.20. The Kier molecular flexibility index (Phi) is 10.3. The molecule has 1 saturated carbocycles. The number of benzene rings is 2. The van der Waals surface area contributed by atoms with Crippen molar-refractivity contribution in [3.63, 3.8) is 0 Å². The van der Waals surface area contributed by atoms with E-state index in [1.807, 2.05) is 18.2 Å². The molecule has 2 aromatic carbocycles. The van der Waals surface area contributed by atoms with Gasteiger partial charge in [0, 0.05) is 37.8 Å². The first-order valence-corrected chi connectivity index (χ1v) is 14.5. The molecule has 1 heterocycles. The Morgan fingerprint density at radius 1 is 1.00 bits per heavy atom. The van der Waals surface area contributed by atoms with E-state index < -0.39 is 11.6 Å². The maximum atomic E-state index is 13.6. The van der Waals surface area contributed by atoms with E-state index in [2.05, 4.69) is 39.1 Å². The first-order chi connectivity index (χ1) is 19.4. The van der Waals surface area contributed by atoms with E-state index in [1.165, 1.54) is 18.9 Å². The second-order valence-corrected chi connectivity index (χ2v) is 11.3. The molecule has 8 nitrogen and oxygen atoms in total. The highest BCUT2D eigenvalue weighted by Crippen LogP contribution is 2.28. The predicted molar refractivity (Wildman–Crippen MR) is 155 cm³/mol. The number of likely N-dealkylation sites (tertiary alicyclic amines) is 1. The zero-order valence-corrected chi connectivity index (χ0v) is 23.5. The minimum Gasteiger partial charge on any atom is -0.340 e. The van der Waals surface area contributed by atoms with Gasteiger partial charge in [-0.2, -0.15) is 5.26 Å². The molecule has 1 saturated heterocycles. The Morgan fingerprint density at radius 3 is 2.30 bits per heavy atom. The van der Waals surface area contributed by atoms with E-state index in [4.69, 9.17) is 0 Å². The molecular formula is C32H41N5O3. The third kappa shape index (κ3) is 8.40. The highest BCUT2D eigenvalue weighted by atomic mass is 16.2. The SMILES string of the molecule is CC(=O)Nc1ccc(C(=O)NC(CC2CCCCC2)C(=O)NC2(C#N)CCN(CCc3ccccc3)CC2)cc1. The molecule has 8 heteroatoms. The van der Waals surface area contributed by atoms with Crippen molar-refractivity contribution < 1.29 is 14.4 Å². The number of hydrogen-bond acceptors (Lipinski definition) is 5. The molecule has 40 heavy (non-hydrogen) atoms. The number of amides is 3. The summed E-state index contributed by atoms with van der Waals surface area (Å²) >= 11 is 0. The highest BCUT2D eigenvalue weighted by molar-refractivity contribution is 5.98. The fraction of sp³-hybridized carbons (Fsp3) is 0.500. The van der Waals surface area contributed by atoms with Crippen molar-refractivity contribution in [1.82, 2.24) is 15.5 Å². The van der Waals surface area contributed by atoms with Crippen LogP contribution >= 0.6 is 0 Å². The van der Waals surface area contributed by atoms with Crippen molar-refractivity contribution in [1.29, 1.82) is 5.26 Å². The van der Waals surface area contributed by atoms with Gasteiger partial charge in [-0.15, -0.1) is 0 Å². The van der Waals surface area contributed by atoms with Gasteiger partial charge in [0.1, 0.15) is 11.6 Å². The number of carbonyl (C=O) groups is 3. The van der Waals surface area contributed by atoms with E-state index in [9.17, 15) is 19.6 Å². The van der Waals surface area contributed by atoms with Crippen molar-refractivity contribution >= 4 is 23.4 Å². The van der Waals surface area contributed by atoms with Gasteiger partial charge in [-0.1, -0.05) is 62.4 Å². The lowest BCUT2D eigenvalue weighted by Gasteiger charge is -2.38. The van der Waals surface area contributed by atoms with Gasteiger partial charge in [0.05, 0.1) is 6.07 Å². The summed E-state index contributed by atoms with van der Waals surface area (Å²) < 4.78 is 0. The van der Waals surface area contributed by atoms with Gasteiger partial charge in [0.25, 0.3) is 5.91 Å². The van der Waals surface area contributed by atoms with Gasteiger partial charge in [-0.25, -0.2) is 0 Å². The largest absolute Gasteiger partial charge is 0.340 e. The van der Waals surface area contributed by atoms with E-state index in [0.717, 1.165) is 51.7 Å². The van der Waals surface area contributed by atoms with Crippen LogP contribution in [0.1, 0.15) is 74.2 Å². The first-order valence-electron chi connectivity index (χ1n) is 14.5. The lowest BCUT2D eigenvalue weighted by atomic mass is 9.83. The summed E-state index contributed by atoms with van der Waals surface area (Å²) in [6.45, 7) is 3.82. The fourth-order valence-corrected chi connectivity index (χ4v) is 5.82. The van der Waals surface area contributed by atoms with E-state index in [1.54, 1.807) is 24.3 Å². The van der Waals surface area contributed by atoms with Crippen LogP contribution in [-0.4, -0.2) is 53.8 Å². The fourth-order valence-electron chi connectivity index (χ4n) is 5.82. The van der Waals surface area contributed by atoms with Gasteiger partial charge in [0.15, 0.2) is 0 Å². The zero-order valence-electron chi connectivity index (χ0n) is 23.5. The minimum absolute atomic E-state index is 0.185. The molecule has 212 valence electrons. The van der Waals surface area contributed by atoms with Crippen molar-refractivity contribution in [3.8, 4) is 6.07 Å². The molecule has 4 rings (SSSR count). The normalized spacial score (nSPS) is 18.2. The summed E-state index contributed by atoms with van der Waals surface area (Å²) in [5, 5.41) is 18.9. The molecule has 0 radical (unpaired) electrons. The van der Waals surface area contributed by atoms with Gasteiger partial charge in [-0.3, -0.25) is 14.4 Å². The number of nitrogens with one attached hydrogen (secondary N) is 3. The van der Waals surface area contributed by atoms with Gasteiger partial charge < -0.3 is 20.9 Å². The van der Waals surface area contributed by atoms with Crippen molar-refractivity contribution in [2.24, 2.45) is 5.92 Å². The summed E-state index contributed by atoms with van der Waals surface area (Å²) in [7, 11) is 0. The number of piperidine rings is 1. The number of anilines is 1. The van der Waals surface area contributed by atoms with Crippen LogP contribution in [0.5, 0.6) is 0 Å². The quantitative estimate of drug-likeness (QED) is 0.410. The van der Waals surface area contributed by atoms with E-state index in [-0.39, 0.29) is 17.7 Å². The molecule has 0 aromatic heterocycles. The number of rotatable bonds is 10. The molecule has 1 atom stereocenters. The Bertz CT molecular complexity index is 1180. The predicted octanol–water partition coefficient (Wildman–Crippen LogP) is 4.43. The van der Waals surface area contributed by atoms with Crippen LogP contribution < -0.4 is 16.0 Å². The lowest BCUT2D eigenvalue weighted by molar-refractivity contribution is -0.125. The van der Waals surface area contributed by atoms with Gasteiger partial charge >= 0.3 is 0 Å². The molecule has 1 aliphatic heterocycles. The highest BCUT2D eigenvalue weighted by Gasteiger charge is 2.38. The molecule has 0 spiro atoms.